The number of nitrogens with zero attached hydrogens (tertiary/aromatic N) is 4. The number of carbonyl (C=O) groups excluding carboxylic acids is 1. The first-order valence-corrected chi connectivity index (χ1v) is 12.6. The molecule has 3 aromatic rings. The largest absolute Gasteiger partial charge is 0.497 e. The molecule has 0 radical (unpaired) electrons. The summed E-state index contributed by atoms with van der Waals surface area (Å²) in [5, 5.41) is 2.90. The van der Waals surface area contributed by atoms with Gasteiger partial charge in [-0.05, 0) is 30.2 Å². The zero-order valence-electron chi connectivity index (χ0n) is 18.4. The number of sulfonamides is 1. The number of methoxy groups -OCH3 is 2. The van der Waals surface area contributed by atoms with Crippen molar-refractivity contribution >= 4 is 38.8 Å². The van der Waals surface area contributed by atoms with Crippen molar-refractivity contribution in [2.75, 3.05) is 46.9 Å². The van der Waals surface area contributed by atoms with Crippen molar-refractivity contribution < 1.29 is 22.7 Å². The van der Waals surface area contributed by atoms with Gasteiger partial charge in [-0.2, -0.15) is 13.1 Å². The van der Waals surface area contributed by atoms with Crippen LogP contribution in [-0.4, -0.2) is 79.3 Å². The Labute approximate surface area is 196 Å². The van der Waals surface area contributed by atoms with E-state index < -0.39 is 10.0 Å². The maximum Gasteiger partial charge on any atom is 0.317 e. The molecule has 2 aromatic carbocycles. The van der Waals surface area contributed by atoms with E-state index in [1.807, 2.05) is 12.1 Å². The number of benzene rings is 2. The molecule has 1 saturated heterocycles. The molecule has 0 spiro atoms. The van der Waals surface area contributed by atoms with Gasteiger partial charge in [-0.25, -0.2) is 13.2 Å². The van der Waals surface area contributed by atoms with Crippen LogP contribution in [0.4, 0.5) is 4.79 Å². The van der Waals surface area contributed by atoms with Crippen molar-refractivity contribution in [1.29, 1.82) is 0 Å². The summed E-state index contributed by atoms with van der Waals surface area (Å²) in [5.41, 5.74) is 1.91. The molecule has 0 bridgehead atoms. The highest BCUT2D eigenvalue weighted by atomic mass is 32.2. The molecule has 2 amide bonds. The van der Waals surface area contributed by atoms with Crippen molar-refractivity contribution in [3.05, 3.63) is 42.0 Å². The highest BCUT2D eigenvalue weighted by Crippen LogP contribution is 2.26. The number of ether oxygens (including phenoxy) is 2. The van der Waals surface area contributed by atoms with Gasteiger partial charge < -0.3 is 19.7 Å². The van der Waals surface area contributed by atoms with Crippen molar-refractivity contribution in [3.8, 4) is 11.5 Å². The van der Waals surface area contributed by atoms with Gasteiger partial charge in [0.1, 0.15) is 27.4 Å². The topological polar surface area (TPSA) is 114 Å². The van der Waals surface area contributed by atoms with Gasteiger partial charge in [0.05, 0.1) is 25.9 Å². The second kappa shape index (κ2) is 9.89. The van der Waals surface area contributed by atoms with Gasteiger partial charge in [0, 0.05) is 38.8 Å². The van der Waals surface area contributed by atoms with Crippen LogP contribution in [0.15, 0.2) is 41.3 Å². The maximum atomic E-state index is 13.1. The van der Waals surface area contributed by atoms with Crippen LogP contribution in [-0.2, 0) is 16.4 Å². The monoisotopic (exact) mass is 491 g/mol. The number of amides is 2. The number of hydrogen-bond acceptors (Lipinski definition) is 8. The first-order valence-electron chi connectivity index (χ1n) is 10.4. The summed E-state index contributed by atoms with van der Waals surface area (Å²) in [6, 6.07) is 10.3. The number of piperazine rings is 1. The van der Waals surface area contributed by atoms with Gasteiger partial charge in [-0.3, -0.25) is 0 Å². The molecule has 1 fully saturated rings. The van der Waals surface area contributed by atoms with Crippen LogP contribution in [0, 0.1) is 0 Å². The molecule has 1 N–H and O–H groups in total. The van der Waals surface area contributed by atoms with E-state index in [-0.39, 0.29) is 24.0 Å². The summed E-state index contributed by atoms with van der Waals surface area (Å²) in [7, 11) is -0.533. The number of carbonyl (C=O) groups is 1. The fraction of sp³-hybridized carbons (Fsp3) is 0.381. The fourth-order valence-corrected chi connectivity index (χ4v) is 5.91. The Hall–Kier alpha value is -2.96. The van der Waals surface area contributed by atoms with E-state index in [4.69, 9.17) is 9.47 Å². The molecule has 33 heavy (non-hydrogen) atoms. The van der Waals surface area contributed by atoms with E-state index >= 15 is 0 Å². The normalized spacial score (nSPS) is 14.9. The third kappa shape index (κ3) is 4.87. The summed E-state index contributed by atoms with van der Waals surface area (Å²) < 4.78 is 46.5. The van der Waals surface area contributed by atoms with E-state index in [1.165, 1.54) is 4.31 Å². The molecular formula is C21H25N5O5S2. The maximum absolute atomic E-state index is 13.1. The SMILES string of the molecule is COc1ccc(CCNC(=O)N2CCN(S(=O)(=O)c3cccc4nsnc34)CC2)c(OC)c1. The lowest BCUT2D eigenvalue weighted by molar-refractivity contribution is 0.172. The standard InChI is InChI=1S/C21H25N5O5S2/c1-30-16-7-6-15(18(14-16)31-2)8-9-22-21(27)25-10-12-26(13-11-25)33(28,29)19-5-3-4-17-20(19)24-32-23-17/h3-7,14H,8-13H2,1-2H3,(H,22,27). The summed E-state index contributed by atoms with van der Waals surface area (Å²) >= 11 is 0.986. The van der Waals surface area contributed by atoms with Gasteiger partial charge in [-0.15, -0.1) is 0 Å². The van der Waals surface area contributed by atoms with Crippen LogP contribution in [0.2, 0.25) is 0 Å². The second-order valence-electron chi connectivity index (χ2n) is 7.44. The predicted molar refractivity (Wildman–Crippen MR) is 124 cm³/mol. The van der Waals surface area contributed by atoms with Gasteiger partial charge in [0.25, 0.3) is 0 Å². The first kappa shape index (κ1) is 23.2. The minimum atomic E-state index is -3.72. The Morgan fingerprint density at radius 3 is 2.61 bits per heavy atom. The Morgan fingerprint density at radius 1 is 1.09 bits per heavy atom. The van der Waals surface area contributed by atoms with E-state index in [0.717, 1.165) is 17.3 Å². The number of fused-ring (bicyclic) bond motifs is 1. The molecule has 1 aromatic heterocycles. The second-order valence-corrected chi connectivity index (χ2v) is 9.87. The molecule has 10 nitrogen and oxygen atoms in total. The molecule has 4 rings (SSSR count). The third-order valence-electron chi connectivity index (χ3n) is 5.56. The Balaban J connectivity index is 1.32. The highest BCUT2D eigenvalue weighted by molar-refractivity contribution is 7.89. The number of nitrogens with one attached hydrogen (secondary N) is 1. The third-order valence-corrected chi connectivity index (χ3v) is 8.03. The lowest BCUT2D eigenvalue weighted by Gasteiger charge is -2.34. The molecule has 0 unspecified atom stereocenters. The molecule has 0 aliphatic carbocycles. The average Bonchev–Trinajstić information content (AvgIpc) is 3.33. The molecule has 176 valence electrons. The summed E-state index contributed by atoms with van der Waals surface area (Å²) in [6.45, 7) is 1.48. The van der Waals surface area contributed by atoms with Crippen LogP contribution in [0.1, 0.15) is 5.56 Å². The van der Waals surface area contributed by atoms with Crippen LogP contribution >= 0.6 is 11.7 Å². The van der Waals surface area contributed by atoms with Crippen LogP contribution in [0.5, 0.6) is 11.5 Å². The van der Waals surface area contributed by atoms with Crippen molar-refractivity contribution in [2.45, 2.75) is 11.3 Å². The van der Waals surface area contributed by atoms with Crippen LogP contribution < -0.4 is 14.8 Å². The van der Waals surface area contributed by atoms with Gasteiger partial charge in [-0.1, -0.05) is 12.1 Å². The Bertz CT molecular complexity index is 1240. The van der Waals surface area contributed by atoms with E-state index in [2.05, 4.69) is 14.1 Å². The Morgan fingerprint density at radius 2 is 1.88 bits per heavy atom. The molecule has 0 saturated carbocycles. The molecular weight excluding hydrogens is 466 g/mol. The molecule has 1 aliphatic heterocycles. The van der Waals surface area contributed by atoms with E-state index in [9.17, 15) is 13.2 Å². The molecule has 2 heterocycles. The molecule has 1 aliphatic rings. The molecule has 0 atom stereocenters. The molecule has 12 heteroatoms. The zero-order chi connectivity index (χ0) is 23.4. The minimum absolute atomic E-state index is 0.153. The minimum Gasteiger partial charge on any atom is -0.497 e. The fourth-order valence-electron chi connectivity index (χ4n) is 3.73. The number of urea groups is 1. The van der Waals surface area contributed by atoms with Crippen molar-refractivity contribution in [3.63, 3.8) is 0 Å². The first-order chi connectivity index (χ1) is 15.9. The highest BCUT2D eigenvalue weighted by Gasteiger charge is 2.31. The summed E-state index contributed by atoms with van der Waals surface area (Å²) in [6.07, 6.45) is 0.596. The number of hydrogen-bond donors (Lipinski definition) is 1. The van der Waals surface area contributed by atoms with Crippen LogP contribution in [0.25, 0.3) is 11.0 Å². The quantitative estimate of drug-likeness (QED) is 0.537. The van der Waals surface area contributed by atoms with E-state index in [0.29, 0.717) is 48.6 Å². The average molecular weight is 492 g/mol. The van der Waals surface area contributed by atoms with Gasteiger partial charge >= 0.3 is 6.03 Å². The van der Waals surface area contributed by atoms with Gasteiger partial charge in [0.2, 0.25) is 10.0 Å². The van der Waals surface area contributed by atoms with Gasteiger partial charge in [0.15, 0.2) is 0 Å². The van der Waals surface area contributed by atoms with Crippen LogP contribution in [0.3, 0.4) is 0 Å². The van der Waals surface area contributed by atoms with Crippen molar-refractivity contribution in [2.24, 2.45) is 0 Å². The smallest absolute Gasteiger partial charge is 0.317 e. The number of rotatable bonds is 7. The summed E-state index contributed by atoms with van der Waals surface area (Å²) in [4.78, 5) is 14.4. The lowest BCUT2D eigenvalue weighted by Crippen LogP contribution is -2.53. The lowest BCUT2D eigenvalue weighted by atomic mass is 10.1. The van der Waals surface area contributed by atoms with E-state index in [1.54, 1.807) is 43.4 Å². The predicted octanol–water partition coefficient (Wildman–Crippen LogP) is 1.97. The Kier molecular flexibility index (Phi) is 6.96. The summed E-state index contributed by atoms with van der Waals surface area (Å²) in [5.74, 6) is 1.41. The van der Waals surface area contributed by atoms with Crippen molar-refractivity contribution in [1.82, 2.24) is 23.3 Å². The number of aromatic nitrogens is 2. The zero-order valence-corrected chi connectivity index (χ0v) is 20.0.